The standard InChI is InChI=1S/C19H17ClN2O3/c1-12-3-5-15(9-13(12)2)24-11-16-6-7-17(25-16)19(23)22-18-8-4-14(20)10-21-18/h3-10H,11H2,1-2H3,(H,21,22,23). The van der Waals surface area contributed by atoms with Gasteiger partial charge in [-0.15, -0.1) is 0 Å². The molecule has 3 rings (SSSR count). The van der Waals surface area contributed by atoms with E-state index in [4.69, 9.17) is 20.8 Å². The van der Waals surface area contributed by atoms with Crippen molar-refractivity contribution in [3.63, 3.8) is 0 Å². The average Bonchev–Trinajstić information content (AvgIpc) is 3.07. The quantitative estimate of drug-likeness (QED) is 0.714. The maximum Gasteiger partial charge on any atom is 0.292 e. The highest BCUT2D eigenvalue weighted by Crippen LogP contribution is 2.19. The van der Waals surface area contributed by atoms with Crippen molar-refractivity contribution in [3.8, 4) is 5.75 Å². The van der Waals surface area contributed by atoms with Gasteiger partial charge >= 0.3 is 0 Å². The van der Waals surface area contributed by atoms with E-state index in [9.17, 15) is 4.79 Å². The highest BCUT2D eigenvalue weighted by molar-refractivity contribution is 6.30. The second-order valence-electron chi connectivity index (χ2n) is 5.62. The number of carbonyl (C=O) groups excluding carboxylic acids is 1. The van der Waals surface area contributed by atoms with E-state index in [1.165, 1.54) is 11.8 Å². The van der Waals surface area contributed by atoms with Gasteiger partial charge in [-0.05, 0) is 61.4 Å². The third kappa shape index (κ3) is 4.39. The van der Waals surface area contributed by atoms with Gasteiger partial charge in [-0.25, -0.2) is 4.98 Å². The number of benzene rings is 1. The van der Waals surface area contributed by atoms with E-state index in [0.717, 1.165) is 11.3 Å². The first-order valence-electron chi connectivity index (χ1n) is 7.73. The second-order valence-corrected chi connectivity index (χ2v) is 6.05. The van der Waals surface area contributed by atoms with E-state index in [-0.39, 0.29) is 18.3 Å². The van der Waals surface area contributed by atoms with Crippen LogP contribution in [-0.2, 0) is 6.61 Å². The fourth-order valence-corrected chi connectivity index (χ4v) is 2.28. The number of furan rings is 1. The molecule has 2 aromatic heterocycles. The van der Waals surface area contributed by atoms with Crippen LogP contribution in [0.3, 0.4) is 0 Å². The van der Waals surface area contributed by atoms with Gasteiger partial charge in [0, 0.05) is 6.20 Å². The lowest BCUT2D eigenvalue weighted by Gasteiger charge is -2.07. The number of rotatable bonds is 5. The molecule has 128 valence electrons. The van der Waals surface area contributed by atoms with Crippen LogP contribution in [0.1, 0.15) is 27.4 Å². The minimum Gasteiger partial charge on any atom is -0.486 e. The van der Waals surface area contributed by atoms with Crippen molar-refractivity contribution < 1.29 is 13.9 Å². The average molecular weight is 357 g/mol. The summed E-state index contributed by atoms with van der Waals surface area (Å²) in [4.78, 5) is 16.2. The van der Waals surface area contributed by atoms with E-state index in [1.54, 1.807) is 24.3 Å². The molecule has 3 aromatic rings. The Labute approximate surface area is 150 Å². The van der Waals surface area contributed by atoms with E-state index in [0.29, 0.717) is 16.6 Å². The molecule has 0 saturated carbocycles. The molecule has 1 amide bonds. The molecule has 0 saturated heterocycles. The predicted molar refractivity (Wildman–Crippen MR) is 96.2 cm³/mol. The Balaban J connectivity index is 1.60. The number of halogens is 1. The summed E-state index contributed by atoms with van der Waals surface area (Å²) in [6.45, 7) is 4.32. The van der Waals surface area contributed by atoms with Crippen LogP contribution in [0.2, 0.25) is 5.02 Å². The third-order valence-corrected chi connectivity index (χ3v) is 3.94. The van der Waals surface area contributed by atoms with E-state index in [2.05, 4.69) is 10.3 Å². The summed E-state index contributed by atoms with van der Waals surface area (Å²) in [7, 11) is 0. The minimum atomic E-state index is -0.382. The Morgan fingerprint density at radius 1 is 1.16 bits per heavy atom. The Kier molecular flexibility index (Phi) is 5.05. The molecule has 0 bridgehead atoms. The van der Waals surface area contributed by atoms with Gasteiger partial charge in [0.2, 0.25) is 0 Å². The van der Waals surface area contributed by atoms with Crippen LogP contribution in [0, 0.1) is 13.8 Å². The van der Waals surface area contributed by atoms with Crippen molar-refractivity contribution in [3.05, 3.63) is 76.3 Å². The second kappa shape index (κ2) is 7.40. The number of hydrogen-bond acceptors (Lipinski definition) is 4. The molecule has 0 atom stereocenters. The molecule has 0 aliphatic heterocycles. The molecule has 0 radical (unpaired) electrons. The topological polar surface area (TPSA) is 64.4 Å². The molecule has 25 heavy (non-hydrogen) atoms. The van der Waals surface area contributed by atoms with Crippen molar-refractivity contribution in [2.45, 2.75) is 20.5 Å². The largest absolute Gasteiger partial charge is 0.486 e. The van der Waals surface area contributed by atoms with Crippen LogP contribution in [-0.4, -0.2) is 10.9 Å². The van der Waals surface area contributed by atoms with Gasteiger partial charge in [-0.2, -0.15) is 0 Å². The number of carbonyl (C=O) groups is 1. The first kappa shape index (κ1) is 17.0. The molecule has 0 aliphatic rings. The lowest BCUT2D eigenvalue weighted by molar-refractivity contribution is 0.0992. The van der Waals surface area contributed by atoms with Crippen molar-refractivity contribution in [1.29, 1.82) is 0 Å². The summed E-state index contributed by atoms with van der Waals surface area (Å²) in [5.41, 5.74) is 2.37. The van der Waals surface area contributed by atoms with Gasteiger partial charge in [0.05, 0.1) is 5.02 Å². The first-order valence-corrected chi connectivity index (χ1v) is 8.11. The van der Waals surface area contributed by atoms with Gasteiger partial charge in [-0.1, -0.05) is 17.7 Å². The lowest BCUT2D eigenvalue weighted by Crippen LogP contribution is -2.11. The Hall–Kier alpha value is -2.79. The lowest BCUT2D eigenvalue weighted by atomic mass is 10.1. The van der Waals surface area contributed by atoms with Gasteiger partial charge in [0.15, 0.2) is 5.76 Å². The predicted octanol–water partition coefficient (Wildman–Crippen LogP) is 4.78. The highest BCUT2D eigenvalue weighted by atomic mass is 35.5. The minimum absolute atomic E-state index is 0.190. The maximum atomic E-state index is 12.2. The number of pyridine rings is 1. The zero-order chi connectivity index (χ0) is 17.8. The monoisotopic (exact) mass is 356 g/mol. The molecule has 0 aliphatic carbocycles. The summed E-state index contributed by atoms with van der Waals surface area (Å²) in [5.74, 6) is 1.53. The maximum absolute atomic E-state index is 12.2. The molecular formula is C19H17ClN2O3. The van der Waals surface area contributed by atoms with Crippen LogP contribution in [0.4, 0.5) is 5.82 Å². The number of nitrogens with one attached hydrogen (secondary N) is 1. The summed E-state index contributed by atoms with van der Waals surface area (Å²) in [6.07, 6.45) is 1.46. The molecule has 1 aromatic carbocycles. The van der Waals surface area contributed by atoms with Crippen LogP contribution in [0.25, 0.3) is 0 Å². The number of amides is 1. The zero-order valence-electron chi connectivity index (χ0n) is 13.9. The first-order chi connectivity index (χ1) is 12.0. The molecular weight excluding hydrogens is 340 g/mol. The van der Waals surface area contributed by atoms with E-state index < -0.39 is 0 Å². The van der Waals surface area contributed by atoms with Gasteiger partial charge in [0.1, 0.15) is 23.9 Å². The van der Waals surface area contributed by atoms with Gasteiger partial charge in [0.25, 0.3) is 5.91 Å². The fourth-order valence-electron chi connectivity index (χ4n) is 2.16. The van der Waals surface area contributed by atoms with Crippen LogP contribution in [0.5, 0.6) is 5.75 Å². The Bertz CT molecular complexity index is 888. The van der Waals surface area contributed by atoms with Crippen molar-refractivity contribution in [2.75, 3.05) is 5.32 Å². The summed E-state index contributed by atoms with van der Waals surface area (Å²) >= 11 is 5.76. The number of anilines is 1. The molecule has 2 heterocycles. The van der Waals surface area contributed by atoms with Crippen LogP contribution in [0.15, 0.2) is 53.1 Å². The molecule has 0 spiro atoms. The van der Waals surface area contributed by atoms with E-state index in [1.807, 2.05) is 32.0 Å². The Morgan fingerprint density at radius 2 is 2.00 bits per heavy atom. The number of aryl methyl sites for hydroxylation is 2. The number of nitrogens with zero attached hydrogens (tertiary/aromatic N) is 1. The molecule has 5 nitrogen and oxygen atoms in total. The summed E-state index contributed by atoms with van der Waals surface area (Å²) in [6, 6.07) is 12.5. The molecule has 0 unspecified atom stereocenters. The van der Waals surface area contributed by atoms with Crippen molar-refractivity contribution >= 4 is 23.3 Å². The van der Waals surface area contributed by atoms with Gasteiger partial charge < -0.3 is 14.5 Å². The summed E-state index contributed by atoms with van der Waals surface area (Å²) < 4.78 is 11.2. The number of hydrogen-bond donors (Lipinski definition) is 1. The van der Waals surface area contributed by atoms with Crippen LogP contribution < -0.4 is 10.1 Å². The fraction of sp³-hybridized carbons (Fsp3) is 0.158. The van der Waals surface area contributed by atoms with Crippen LogP contribution >= 0.6 is 11.6 Å². The number of aromatic nitrogens is 1. The normalized spacial score (nSPS) is 10.5. The molecule has 6 heteroatoms. The van der Waals surface area contributed by atoms with E-state index >= 15 is 0 Å². The van der Waals surface area contributed by atoms with Gasteiger partial charge in [-0.3, -0.25) is 4.79 Å². The third-order valence-electron chi connectivity index (χ3n) is 3.71. The van der Waals surface area contributed by atoms with Crippen molar-refractivity contribution in [2.24, 2.45) is 0 Å². The highest BCUT2D eigenvalue weighted by Gasteiger charge is 2.12. The van der Waals surface area contributed by atoms with Crippen molar-refractivity contribution in [1.82, 2.24) is 4.98 Å². The molecule has 1 N–H and O–H groups in total. The smallest absolute Gasteiger partial charge is 0.292 e. The number of ether oxygens (including phenoxy) is 1. The SMILES string of the molecule is Cc1ccc(OCc2ccc(C(=O)Nc3ccc(Cl)cn3)o2)cc1C. The molecule has 0 fully saturated rings. The zero-order valence-corrected chi connectivity index (χ0v) is 14.6. The summed E-state index contributed by atoms with van der Waals surface area (Å²) in [5, 5.41) is 3.14. The Morgan fingerprint density at radius 3 is 2.72 bits per heavy atom.